The Morgan fingerprint density at radius 3 is 2.42 bits per heavy atom. The predicted octanol–water partition coefficient (Wildman–Crippen LogP) is 2.46. The van der Waals surface area contributed by atoms with Gasteiger partial charge in [-0.3, -0.25) is 9.59 Å². The number of hydrogen-bond donors (Lipinski definition) is 1. The molecule has 0 spiro atoms. The SMILES string of the molecule is CS(=O)(=O)c1ccc(C(=O)c2c(Br)cc3n2CCC3C(=O)O)cc1. The zero-order chi connectivity index (χ0) is 17.6. The second kappa shape index (κ2) is 5.86. The summed E-state index contributed by atoms with van der Waals surface area (Å²) in [6, 6.07) is 7.39. The number of carboxylic acid groups (broad SMARTS) is 1. The van der Waals surface area contributed by atoms with E-state index in [1.54, 1.807) is 10.6 Å². The van der Waals surface area contributed by atoms with E-state index in [9.17, 15) is 23.1 Å². The quantitative estimate of drug-likeness (QED) is 0.779. The normalized spacial score (nSPS) is 16.8. The Hall–Kier alpha value is -1.93. The average molecular weight is 412 g/mol. The van der Waals surface area contributed by atoms with Crippen LogP contribution in [-0.4, -0.2) is 36.1 Å². The van der Waals surface area contributed by atoms with Crippen LogP contribution in [0.25, 0.3) is 0 Å². The first kappa shape index (κ1) is 16.9. The number of halogens is 1. The number of carboxylic acids is 1. The lowest BCUT2D eigenvalue weighted by Gasteiger charge is -2.07. The Morgan fingerprint density at radius 2 is 1.88 bits per heavy atom. The fourth-order valence-corrected chi connectivity index (χ4v) is 4.20. The third-order valence-corrected chi connectivity index (χ3v) is 5.87. The van der Waals surface area contributed by atoms with E-state index in [4.69, 9.17) is 0 Å². The molecule has 0 radical (unpaired) electrons. The van der Waals surface area contributed by atoms with E-state index in [1.807, 2.05) is 0 Å². The van der Waals surface area contributed by atoms with Crippen LogP contribution in [0.1, 0.15) is 34.1 Å². The van der Waals surface area contributed by atoms with Gasteiger partial charge < -0.3 is 9.67 Å². The van der Waals surface area contributed by atoms with Crippen LogP contribution in [0.4, 0.5) is 0 Å². The molecule has 0 saturated carbocycles. The van der Waals surface area contributed by atoms with Crippen molar-refractivity contribution in [2.24, 2.45) is 0 Å². The summed E-state index contributed by atoms with van der Waals surface area (Å²) in [4.78, 5) is 24.2. The average Bonchev–Trinajstić information content (AvgIpc) is 3.03. The number of rotatable bonds is 4. The number of carbonyl (C=O) groups excluding carboxylic acids is 1. The van der Waals surface area contributed by atoms with Crippen LogP contribution in [0.3, 0.4) is 0 Å². The smallest absolute Gasteiger partial charge is 0.312 e. The second-order valence-electron chi connectivity index (χ2n) is 5.72. The minimum Gasteiger partial charge on any atom is -0.481 e. The molecule has 24 heavy (non-hydrogen) atoms. The first-order valence-electron chi connectivity index (χ1n) is 7.16. The van der Waals surface area contributed by atoms with E-state index >= 15 is 0 Å². The van der Waals surface area contributed by atoms with Crippen molar-refractivity contribution in [2.75, 3.05) is 6.26 Å². The number of aromatic nitrogens is 1. The molecule has 1 N–H and O–H groups in total. The van der Waals surface area contributed by atoms with E-state index in [1.165, 1.54) is 24.3 Å². The van der Waals surface area contributed by atoms with Crippen molar-refractivity contribution in [1.82, 2.24) is 4.57 Å². The van der Waals surface area contributed by atoms with Crippen LogP contribution in [0.15, 0.2) is 39.7 Å². The monoisotopic (exact) mass is 411 g/mol. The minimum atomic E-state index is -3.32. The summed E-state index contributed by atoms with van der Waals surface area (Å²) in [6.07, 6.45) is 1.55. The molecule has 2 heterocycles. The van der Waals surface area contributed by atoms with Crippen LogP contribution < -0.4 is 0 Å². The van der Waals surface area contributed by atoms with Gasteiger partial charge in [-0.2, -0.15) is 0 Å². The Kier molecular flexibility index (Phi) is 4.13. The lowest BCUT2D eigenvalue weighted by Crippen LogP contribution is -2.10. The highest BCUT2D eigenvalue weighted by atomic mass is 79.9. The van der Waals surface area contributed by atoms with Gasteiger partial charge in [0.15, 0.2) is 9.84 Å². The fraction of sp³-hybridized carbons (Fsp3) is 0.250. The summed E-state index contributed by atoms with van der Waals surface area (Å²) < 4.78 is 25.3. The van der Waals surface area contributed by atoms with E-state index in [2.05, 4.69) is 15.9 Å². The first-order chi connectivity index (χ1) is 11.2. The summed E-state index contributed by atoms with van der Waals surface area (Å²) in [7, 11) is -3.32. The number of fused-ring (bicyclic) bond motifs is 1. The first-order valence-corrected chi connectivity index (χ1v) is 9.85. The molecule has 1 unspecified atom stereocenters. The molecular formula is C16H14BrNO5S. The van der Waals surface area contributed by atoms with Crippen molar-refractivity contribution < 1.29 is 23.1 Å². The van der Waals surface area contributed by atoms with E-state index in [0.29, 0.717) is 34.4 Å². The molecule has 1 aliphatic heterocycles. The number of nitrogens with zero attached hydrogens (tertiary/aromatic N) is 1. The molecule has 126 valence electrons. The topological polar surface area (TPSA) is 93.4 Å². The lowest BCUT2D eigenvalue weighted by atomic mass is 10.1. The van der Waals surface area contributed by atoms with Gasteiger partial charge in [0.2, 0.25) is 5.78 Å². The van der Waals surface area contributed by atoms with Crippen molar-refractivity contribution in [1.29, 1.82) is 0 Å². The Labute approximate surface area is 147 Å². The van der Waals surface area contributed by atoms with Crippen molar-refractivity contribution in [2.45, 2.75) is 23.8 Å². The summed E-state index contributed by atoms with van der Waals surface area (Å²) in [5.74, 6) is -1.80. The van der Waals surface area contributed by atoms with Crippen LogP contribution in [-0.2, 0) is 21.2 Å². The molecular weight excluding hydrogens is 398 g/mol. The Bertz CT molecular complexity index is 944. The van der Waals surface area contributed by atoms with Gasteiger partial charge in [0.25, 0.3) is 0 Å². The maximum atomic E-state index is 12.8. The summed E-state index contributed by atoms with van der Waals surface area (Å²) in [6.45, 7) is 0.459. The predicted molar refractivity (Wildman–Crippen MR) is 90.1 cm³/mol. The van der Waals surface area contributed by atoms with Gasteiger partial charge in [-0.1, -0.05) is 0 Å². The number of ketones is 1. The molecule has 0 bridgehead atoms. The van der Waals surface area contributed by atoms with Gasteiger partial charge in [-0.05, 0) is 52.7 Å². The number of aliphatic carboxylic acids is 1. The molecule has 2 aromatic rings. The fourth-order valence-electron chi connectivity index (χ4n) is 2.94. The number of sulfone groups is 1. The maximum Gasteiger partial charge on any atom is 0.312 e. The van der Waals surface area contributed by atoms with Crippen molar-refractivity contribution >= 4 is 37.5 Å². The maximum absolute atomic E-state index is 12.8. The van der Waals surface area contributed by atoms with Crippen LogP contribution in [0.5, 0.6) is 0 Å². The third kappa shape index (κ3) is 2.80. The summed E-state index contributed by atoms with van der Waals surface area (Å²) >= 11 is 3.33. The van der Waals surface area contributed by atoms with E-state index in [-0.39, 0.29) is 10.7 Å². The van der Waals surface area contributed by atoms with Crippen LogP contribution in [0.2, 0.25) is 0 Å². The summed E-state index contributed by atoms with van der Waals surface area (Å²) in [5.41, 5.74) is 1.34. The van der Waals surface area contributed by atoms with Gasteiger partial charge >= 0.3 is 5.97 Å². The molecule has 0 fully saturated rings. The number of hydrogen-bond acceptors (Lipinski definition) is 4. The van der Waals surface area contributed by atoms with Gasteiger partial charge in [0.1, 0.15) is 5.69 Å². The van der Waals surface area contributed by atoms with Crippen LogP contribution in [0, 0.1) is 0 Å². The molecule has 0 aliphatic carbocycles. The lowest BCUT2D eigenvalue weighted by molar-refractivity contribution is -0.138. The molecule has 3 rings (SSSR count). The third-order valence-electron chi connectivity index (χ3n) is 4.14. The molecule has 0 saturated heterocycles. The number of benzene rings is 1. The number of carbonyl (C=O) groups is 2. The van der Waals surface area contributed by atoms with Gasteiger partial charge in [-0.25, -0.2) is 8.42 Å². The highest BCUT2D eigenvalue weighted by Gasteiger charge is 2.33. The molecule has 1 aromatic heterocycles. The highest BCUT2D eigenvalue weighted by Crippen LogP contribution is 2.36. The van der Waals surface area contributed by atoms with Gasteiger partial charge in [-0.15, -0.1) is 0 Å². The largest absolute Gasteiger partial charge is 0.481 e. The van der Waals surface area contributed by atoms with Gasteiger partial charge in [0.05, 0.1) is 10.8 Å². The minimum absolute atomic E-state index is 0.143. The molecule has 0 amide bonds. The van der Waals surface area contributed by atoms with E-state index in [0.717, 1.165) is 6.26 Å². The molecule has 6 nitrogen and oxygen atoms in total. The zero-order valence-electron chi connectivity index (χ0n) is 12.7. The standard InChI is InChI=1S/C16H14BrNO5S/c1-24(22,23)10-4-2-9(3-5-10)15(19)14-12(17)8-13-11(16(20)21)6-7-18(13)14/h2-5,8,11H,6-7H2,1H3,(H,20,21). The van der Waals surface area contributed by atoms with Crippen molar-refractivity contribution in [3.8, 4) is 0 Å². The zero-order valence-corrected chi connectivity index (χ0v) is 15.1. The Morgan fingerprint density at radius 1 is 1.25 bits per heavy atom. The molecule has 1 aliphatic rings. The van der Waals surface area contributed by atoms with Crippen molar-refractivity contribution in [3.05, 3.63) is 51.8 Å². The highest BCUT2D eigenvalue weighted by molar-refractivity contribution is 9.10. The van der Waals surface area contributed by atoms with Gasteiger partial charge in [0, 0.05) is 28.5 Å². The summed E-state index contributed by atoms with van der Waals surface area (Å²) in [5, 5.41) is 9.25. The van der Waals surface area contributed by atoms with Crippen LogP contribution >= 0.6 is 15.9 Å². The Balaban J connectivity index is 2.00. The second-order valence-corrected chi connectivity index (χ2v) is 8.59. The van der Waals surface area contributed by atoms with Crippen molar-refractivity contribution in [3.63, 3.8) is 0 Å². The molecule has 1 aromatic carbocycles. The molecule has 8 heteroatoms. The van der Waals surface area contributed by atoms with E-state index < -0.39 is 21.7 Å². The molecule has 1 atom stereocenters.